The van der Waals surface area contributed by atoms with Crippen LogP contribution in [0, 0.1) is 0 Å². The molecular formula is C9H6N2. The van der Waals surface area contributed by atoms with Gasteiger partial charge in [0.2, 0.25) is 0 Å². The molecule has 0 atom stereocenters. The van der Waals surface area contributed by atoms with Crippen molar-refractivity contribution in [2.45, 2.75) is 0 Å². The van der Waals surface area contributed by atoms with Crippen molar-refractivity contribution < 1.29 is 0 Å². The van der Waals surface area contributed by atoms with Crippen LogP contribution in [0.25, 0.3) is 10.9 Å². The number of fused-ring (bicyclic) bond motifs is 2. The van der Waals surface area contributed by atoms with Crippen molar-refractivity contribution >= 4 is 22.4 Å². The van der Waals surface area contributed by atoms with Crippen molar-refractivity contribution in [1.82, 2.24) is 4.98 Å². The van der Waals surface area contributed by atoms with Crippen LogP contribution in [0.3, 0.4) is 0 Å². The molecule has 0 saturated carbocycles. The maximum atomic E-state index is 4.36. The lowest BCUT2D eigenvalue weighted by Crippen LogP contribution is -1.85. The van der Waals surface area contributed by atoms with Crippen LogP contribution < -0.4 is 5.32 Å². The lowest BCUT2D eigenvalue weighted by atomic mass is 10.2. The molecule has 0 saturated heterocycles. The summed E-state index contributed by atoms with van der Waals surface area (Å²) >= 11 is 0. The molecule has 5 rings (SSSR count). The Balaban J connectivity index is 2.65. The molecular weight excluding hydrogens is 136 g/mol. The standard InChI is InChI=1S/C9H6N2/c1-4-9-10-7-2-3-8(11-9)6(1)5-7/h1-5H,(H,10,11). The number of pyridine rings is 1. The fourth-order valence-electron chi connectivity index (χ4n) is 1.42. The van der Waals surface area contributed by atoms with E-state index in [0.717, 1.165) is 17.0 Å². The van der Waals surface area contributed by atoms with E-state index >= 15 is 0 Å². The molecule has 1 N–H and O–H groups in total. The Morgan fingerprint density at radius 3 is 3.09 bits per heavy atom. The van der Waals surface area contributed by atoms with Gasteiger partial charge in [0.25, 0.3) is 0 Å². The maximum Gasteiger partial charge on any atom is 0.131 e. The highest BCUT2D eigenvalue weighted by molar-refractivity contribution is 5.87. The number of nitrogens with one attached hydrogen (secondary N) is 1. The van der Waals surface area contributed by atoms with Crippen molar-refractivity contribution in [3.05, 3.63) is 30.3 Å². The number of nitrogens with zero attached hydrogens (tertiary/aromatic N) is 1. The monoisotopic (exact) mass is 142 g/mol. The highest BCUT2D eigenvalue weighted by Crippen LogP contribution is 2.26. The topological polar surface area (TPSA) is 24.9 Å². The molecule has 1 aromatic heterocycles. The fourth-order valence-corrected chi connectivity index (χ4v) is 1.42. The highest BCUT2D eigenvalue weighted by Gasteiger charge is 2.05. The largest absolute Gasteiger partial charge is 0.340 e. The van der Waals surface area contributed by atoms with E-state index in [-0.39, 0.29) is 0 Å². The van der Waals surface area contributed by atoms with Crippen molar-refractivity contribution in [3.63, 3.8) is 0 Å². The van der Waals surface area contributed by atoms with E-state index in [0.29, 0.717) is 0 Å². The third-order valence-corrected chi connectivity index (χ3v) is 1.96. The first-order valence-corrected chi connectivity index (χ1v) is 3.60. The van der Waals surface area contributed by atoms with Gasteiger partial charge in [-0.1, -0.05) is 0 Å². The Morgan fingerprint density at radius 1 is 1.09 bits per heavy atom. The van der Waals surface area contributed by atoms with Gasteiger partial charge < -0.3 is 5.32 Å². The molecule has 0 fully saturated rings. The van der Waals surface area contributed by atoms with Gasteiger partial charge in [0, 0.05) is 11.1 Å². The highest BCUT2D eigenvalue weighted by atomic mass is 15.0. The normalized spacial score (nSPS) is 12.4. The summed E-state index contributed by atoms with van der Waals surface area (Å²) < 4.78 is 0. The first kappa shape index (κ1) is 5.13. The van der Waals surface area contributed by atoms with Crippen LogP contribution in [0.5, 0.6) is 0 Å². The number of benzene rings is 1. The predicted octanol–water partition coefficient (Wildman–Crippen LogP) is 2.29. The Hall–Kier alpha value is -1.57. The van der Waals surface area contributed by atoms with E-state index in [1.54, 1.807) is 0 Å². The Bertz CT molecular complexity index is 393. The van der Waals surface area contributed by atoms with E-state index in [9.17, 15) is 0 Å². The molecule has 2 heteroatoms. The maximum absolute atomic E-state index is 4.36. The molecule has 0 amide bonds. The van der Waals surface area contributed by atoms with Crippen LogP contribution in [0.2, 0.25) is 0 Å². The summed E-state index contributed by atoms with van der Waals surface area (Å²) in [6.07, 6.45) is 0. The molecule has 1 aromatic carbocycles. The summed E-state index contributed by atoms with van der Waals surface area (Å²) in [7, 11) is 0. The third kappa shape index (κ3) is 0.584. The average Bonchev–Trinajstić information content (AvgIpc) is 2.37. The number of rotatable bonds is 0. The minimum absolute atomic E-state index is 0.942. The van der Waals surface area contributed by atoms with E-state index < -0.39 is 0 Å². The molecule has 2 aromatic rings. The van der Waals surface area contributed by atoms with Crippen LogP contribution in [0.15, 0.2) is 30.3 Å². The van der Waals surface area contributed by atoms with Gasteiger partial charge >= 0.3 is 0 Å². The van der Waals surface area contributed by atoms with Crippen molar-refractivity contribution in [2.24, 2.45) is 0 Å². The molecule has 4 bridgehead atoms. The molecule has 4 heterocycles. The Kier molecular flexibility index (Phi) is 0.714. The number of hydrogen-bond acceptors (Lipinski definition) is 2. The molecule has 0 spiro atoms. The quantitative estimate of drug-likeness (QED) is 0.521. The minimum atomic E-state index is 0.942. The zero-order valence-corrected chi connectivity index (χ0v) is 5.83. The Labute approximate surface area is 63.9 Å². The molecule has 11 heavy (non-hydrogen) atoms. The fraction of sp³-hybridized carbons (Fsp3) is 0. The number of hydrogen-bond donors (Lipinski definition) is 1. The van der Waals surface area contributed by atoms with Crippen molar-refractivity contribution in [1.29, 1.82) is 0 Å². The minimum Gasteiger partial charge on any atom is -0.340 e. The summed E-state index contributed by atoms with van der Waals surface area (Å²) in [5, 5.41) is 4.40. The van der Waals surface area contributed by atoms with Crippen LogP contribution in [0.4, 0.5) is 11.5 Å². The van der Waals surface area contributed by atoms with Crippen molar-refractivity contribution in [2.75, 3.05) is 5.32 Å². The second-order valence-corrected chi connectivity index (χ2v) is 2.73. The SMILES string of the molecule is c1cc2nc3ccc2cc1N3. The average molecular weight is 142 g/mol. The predicted molar refractivity (Wildman–Crippen MR) is 45.0 cm³/mol. The van der Waals surface area contributed by atoms with Gasteiger partial charge in [-0.05, 0) is 30.3 Å². The molecule has 52 valence electrons. The van der Waals surface area contributed by atoms with Crippen LogP contribution in [-0.4, -0.2) is 4.98 Å². The Morgan fingerprint density at radius 2 is 2.09 bits per heavy atom. The third-order valence-electron chi connectivity index (χ3n) is 1.96. The van der Waals surface area contributed by atoms with Gasteiger partial charge in [-0.3, -0.25) is 0 Å². The second kappa shape index (κ2) is 1.53. The van der Waals surface area contributed by atoms with Gasteiger partial charge in [-0.2, -0.15) is 0 Å². The van der Waals surface area contributed by atoms with E-state index in [2.05, 4.69) is 22.4 Å². The summed E-state index contributed by atoms with van der Waals surface area (Å²) in [5.74, 6) is 0.942. The van der Waals surface area contributed by atoms with E-state index in [1.165, 1.54) is 5.39 Å². The summed E-state index contributed by atoms with van der Waals surface area (Å²) in [6, 6.07) is 10.3. The molecule has 0 radical (unpaired) electrons. The van der Waals surface area contributed by atoms with Gasteiger partial charge in [0.15, 0.2) is 0 Å². The lowest BCUT2D eigenvalue weighted by molar-refractivity contribution is 1.41. The second-order valence-electron chi connectivity index (χ2n) is 2.73. The van der Waals surface area contributed by atoms with Crippen LogP contribution >= 0.6 is 0 Å². The smallest absolute Gasteiger partial charge is 0.131 e. The van der Waals surface area contributed by atoms with Gasteiger partial charge in [-0.25, -0.2) is 4.98 Å². The van der Waals surface area contributed by atoms with Crippen LogP contribution in [-0.2, 0) is 0 Å². The van der Waals surface area contributed by atoms with E-state index in [1.807, 2.05) is 18.2 Å². The number of aromatic nitrogens is 1. The summed E-state index contributed by atoms with van der Waals surface area (Å²) in [4.78, 5) is 4.36. The molecule has 3 aliphatic heterocycles. The molecule has 3 aliphatic rings. The zero-order valence-electron chi connectivity index (χ0n) is 5.83. The van der Waals surface area contributed by atoms with Gasteiger partial charge in [0.1, 0.15) is 5.82 Å². The summed E-state index contributed by atoms with van der Waals surface area (Å²) in [6.45, 7) is 0. The van der Waals surface area contributed by atoms with Gasteiger partial charge in [-0.15, -0.1) is 0 Å². The molecule has 2 nitrogen and oxygen atoms in total. The first-order valence-electron chi connectivity index (χ1n) is 3.60. The zero-order chi connectivity index (χ0) is 7.26. The van der Waals surface area contributed by atoms with Crippen LogP contribution in [0.1, 0.15) is 0 Å². The first-order chi connectivity index (χ1) is 5.42. The number of anilines is 2. The molecule has 0 aliphatic carbocycles. The van der Waals surface area contributed by atoms with Gasteiger partial charge in [0.05, 0.1) is 5.52 Å². The lowest BCUT2D eigenvalue weighted by Gasteiger charge is -1.96. The van der Waals surface area contributed by atoms with E-state index in [4.69, 9.17) is 0 Å². The molecule has 0 unspecified atom stereocenters. The van der Waals surface area contributed by atoms with Crippen molar-refractivity contribution in [3.8, 4) is 0 Å². The summed E-state index contributed by atoms with van der Waals surface area (Å²) in [5.41, 5.74) is 2.20.